The standard InChI is InChI=1S/C44H79NO12S/c1-3-5-7-9-11-13-14-15-16-17-18-19-20-21-22-23-25-27-29-31-33-38(48)43(51)45-36(37(47)32-30-28-26-24-12-10-8-6-4-2)35-55-44-41(50)42(57-58(52,53)54)40(49)39(34-46)56-44/h5,7,11-13,24,30,32,36-42,44,46-50H,3-4,6,8-10,14-23,25-29,31,33-35H2,1-2H3,(H,45,51)(H,52,53,54)/b7-5-,13-11-,24-12+,32-30+. The Balaban J connectivity index is 2.51. The first-order chi connectivity index (χ1) is 27.9. The van der Waals surface area contributed by atoms with Gasteiger partial charge in [-0.3, -0.25) is 9.35 Å². The minimum absolute atomic E-state index is 0.234. The SMILES string of the molecule is CC/C=C\C/C=C\CCCCCCCCCCCCCCCC(O)C(=O)NC(COC1OC(CO)C(O)C(OS(=O)(=O)O)C1O)C(O)/C=C/CC/C=C/CCCCC. The number of carbonyl (C=O) groups excluding carboxylic acids is 1. The van der Waals surface area contributed by atoms with Crippen LogP contribution in [0.3, 0.4) is 0 Å². The number of amides is 1. The van der Waals surface area contributed by atoms with Gasteiger partial charge in [-0.25, -0.2) is 4.18 Å². The maximum Gasteiger partial charge on any atom is 0.397 e. The molecule has 8 atom stereocenters. The van der Waals surface area contributed by atoms with E-state index in [9.17, 15) is 38.7 Å². The molecule has 1 heterocycles. The Morgan fingerprint density at radius 1 is 0.724 bits per heavy atom. The molecule has 7 N–H and O–H groups in total. The second-order valence-corrected chi connectivity index (χ2v) is 16.4. The lowest BCUT2D eigenvalue weighted by molar-refractivity contribution is -0.298. The summed E-state index contributed by atoms with van der Waals surface area (Å²) in [6.07, 6.45) is 29.4. The van der Waals surface area contributed by atoms with Crippen molar-refractivity contribution in [2.24, 2.45) is 0 Å². The Hall–Kier alpha value is -1.98. The molecule has 1 fully saturated rings. The molecule has 0 radical (unpaired) electrons. The second kappa shape index (κ2) is 34.7. The van der Waals surface area contributed by atoms with Crippen LogP contribution >= 0.6 is 0 Å². The number of aliphatic hydroxyl groups excluding tert-OH is 5. The molecule has 0 saturated carbocycles. The molecule has 338 valence electrons. The minimum Gasteiger partial charge on any atom is -0.394 e. The van der Waals surface area contributed by atoms with Crippen molar-refractivity contribution in [3.8, 4) is 0 Å². The van der Waals surface area contributed by atoms with E-state index in [-0.39, 0.29) is 6.42 Å². The molecule has 13 nitrogen and oxygen atoms in total. The van der Waals surface area contributed by atoms with E-state index in [0.717, 1.165) is 57.8 Å². The fourth-order valence-electron chi connectivity index (χ4n) is 6.69. The zero-order valence-electron chi connectivity index (χ0n) is 35.5. The van der Waals surface area contributed by atoms with Crippen molar-refractivity contribution in [1.29, 1.82) is 0 Å². The average molecular weight is 846 g/mol. The smallest absolute Gasteiger partial charge is 0.394 e. The van der Waals surface area contributed by atoms with Crippen LogP contribution in [0.4, 0.5) is 0 Å². The lowest BCUT2D eigenvalue weighted by Crippen LogP contribution is -2.61. The monoisotopic (exact) mass is 846 g/mol. The van der Waals surface area contributed by atoms with Crippen molar-refractivity contribution in [1.82, 2.24) is 5.32 Å². The molecular weight excluding hydrogens is 767 g/mol. The molecule has 0 aromatic rings. The zero-order chi connectivity index (χ0) is 42.9. The normalized spacial score (nSPS) is 22.1. The first-order valence-electron chi connectivity index (χ1n) is 22.1. The van der Waals surface area contributed by atoms with Crippen molar-refractivity contribution in [3.05, 3.63) is 48.6 Å². The Kier molecular flexibility index (Phi) is 32.3. The fourth-order valence-corrected chi connectivity index (χ4v) is 7.20. The van der Waals surface area contributed by atoms with Crippen LogP contribution in [-0.2, 0) is 28.9 Å². The number of hydrogen-bond donors (Lipinski definition) is 7. The van der Waals surface area contributed by atoms with Gasteiger partial charge in [0.1, 0.15) is 30.5 Å². The van der Waals surface area contributed by atoms with E-state index in [1.54, 1.807) is 6.08 Å². The highest BCUT2D eigenvalue weighted by Gasteiger charge is 2.48. The van der Waals surface area contributed by atoms with Gasteiger partial charge in [-0.15, -0.1) is 0 Å². The summed E-state index contributed by atoms with van der Waals surface area (Å²) in [4.78, 5) is 13.1. The predicted molar refractivity (Wildman–Crippen MR) is 228 cm³/mol. The highest BCUT2D eigenvalue weighted by molar-refractivity contribution is 7.80. The van der Waals surface area contributed by atoms with E-state index in [2.05, 4.69) is 59.8 Å². The first-order valence-corrected chi connectivity index (χ1v) is 23.5. The van der Waals surface area contributed by atoms with Gasteiger partial charge in [0.25, 0.3) is 0 Å². The van der Waals surface area contributed by atoms with E-state index < -0.39 is 78.5 Å². The Labute approximate surface area is 350 Å². The summed E-state index contributed by atoms with van der Waals surface area (Å²) in [6, 6.07) is -1.13. The van der Waals surface area contributed by atoms with Crippen molar-refractivity contribution in [2.45, 2.75) is 210 Å². The maximum atomic E-state index is 13.1. The third-order valence-electron chi connectivity index (χ3n) is 10.2. The molecule has 0 aromatic heterocycles. The second-order valence-electron chi connectivity index (χ2n) is 15.4. The molecule has 0 spiro atoms. The van der Waals surface area contributed by atoms with Gasteiger partial charge in [0.05, 0.1) is 25.4 Å². The van der Waals surface area contributed by atoms with Crippen LogP contribution in [0, 0.1) is 0 Å². The van der Waals surface area contributed by atoms with Crippen molar-refractivity contribution >= 4 is 16.3 Å². The summed E-state index contributed by atoms with van der Waals surface area (Å²) in [5.41, 5.74) is 0. The van der Waals surface area contributed by atoms with Gasteiger partial charge in [-0.05, 0) is 57.8 Å². The number of aliphatic hydroxyl groups is 5. The number of ether oxygens (including phenoxy) is 2. The summed E-state index contributed by atoms with van der Waals surface area (Å²) < 4.78 is 47.3. The molecule has 1 rings (SSSR count). The number of hydrogen-bond acceptors (Lipinski definition) is 11. The third kappa shape index (κ3) is 27.0. The van der Waals surface area contributed by atoms with E-state index in [4.69, 9.17) is 14.0 Å². The van der Waals surface area contributed by atoms with Gasteiger partial charge in [-0.2, -0.15) is 8.42 Å². The molecule has 0 aliphatic carbocycles. The largest absolute Gasteiger partial charge is 0.397 e. The van der Waals surface area contributed by atoms with E-state index >= 15 is 0 Å². The lowest BCUT2D eigenvalue weighted by Gasteiger charge is -2.41. The van der Waals surface area contributed by atoms with Gasteiger partial charge in [0.2, 0.25) is 5.91 Å². The van der Waals surface area contributed by atoms with Crippen LogP contribution in [0.5, 0.6) is 0 Å². The Bertz CT molecular complexity index is 1240. The van der Waals surface area contributed by atoms with Crippen molar-refractivity contribution < 1.29 is 57.0 Å². The molecule has 1 aliphatic heterocycles. The molecule has 14 heteroatoms. The van der Waals surface area contributed by atoms with Crippen LogP contribution in [0.2, 0.25) is 0 Å². The average Bonchev–Trinajstić information content (AvgIpc) is 3.19. The summed E-state index contributed by atoms with van der Waals surface area (Å²) in [7, 11) is -5.12. The zero-order valence-corrected chi connectivity index (χ0v) is 36.3. The highest BCUT2D eigenvalue weighted by atomic mass is 32.3. The van der Waals surface area contributed by atoms with Gasteiger partial charge in [0, 0.05) is 0 Å². The van der Waals surface area contributed by atoms with E-state index in [0.29, 0.717) is 12.8 Å². The molecule has 0 aromatic carbocycles. The Morgan fingerprint density at radius 2 is 1.26 bits per heavy atom. The van der Waals surface area contributed by atoms with Crippen LogP contribution in [0.25, 0.3) is 0 Å². The third-order valence-corrected chi connectivity index (χ3v) is 10.7. The number of nitrogens with one attached hydrogen (secondary N) is 1. The first kappa shape index (κ1) is 54.0. The number of carbonyl (C=O) groups is 1. The quantitative estimate of drug-likeness (QED) is 0.0192. The fraction of sp³-hybridized carbons (Fsp3) is 0.795. The lowest BCUT2D eigenvalue weighted by atomic mass is 9.99. The minimum atomic E-state index is -5.12. The van der Waals surface area contributed by atoms with Crippen LogP contribution in [-0.4, -0.2) is 107 Å². The maximum absolute atomic E-state index is 13.1. The summed E-state index contributed by atoms with van der Waals surface area (Å²) in [5.74, 6) is -0.718. The molecule has 1 saturated heterocycles. The van der Waals surface area contributed by atoms with Crippen LogP contribution in [0.1, 0.15) is 162 Å². The predicted octanol–water partition coefficient (Wildman–Crippen LogP) is 7.07. The van der Waals surface area contributed by atoms with E-state index in [1.807, 2.05) is 0 Å². The van der Waals surface area contributed by atoms with Gasteiger partial charge < -0.3 is 40.3 Å². The summed E-state index contributed by atoms with van der Waals surface area (Å²) in [6.45, 7) is 3.02. The summed E-state index contributed by atoms with van der Waals surface area (Å²) in [5, 5.41) is 54.9. The highest BCUT2D eigenvalue weighted by Crippen LogP contribution is 2.26. The molecular formula is C44H79NO12S. The number of allylic oxidation sites excluding steroid dienone is 7. The van der Waals surface area contributed by atoms with Crippen LogP contribution < -0.4 is 5.32 Å². The molecule has 0 bridgehead atoms. The van der Waals surface area contributed by atoms with Crippen molar-refractivity contribution in [3.63, 3.8) is 0 Å². The van der Waals surface area contributed by atoms with Crippen LogP contribution in [0.15, 0.2) is 48.6 Å². The van der Waals surface area contributed by atoms with E-state index in [1.165, 1.54) is 76.7 Å². The van der Waals surface area contributed by atoms with Crippen molar-refractivity contribution in [2.75, 3.05) is 13.2 Å². The summed E-state index contributed by atoms with van der Waals surface area (Å²) >= 11 is 0. The molecule has 8 unspecified atom stereocenters. The number of rotatable bonds is 36. The van der Waals surface area contributed by atoms with Gasteiger partial charge >= 0.3 is 10.4 Å². The van der Waals surface area contributed by atoms with Gasteiger partial charge in [0.15, 0.2) is 6.29 Å². The molecule has 1 aliphatic rings. The Morgan fingerprint density at radius 3 is 1.84 bits per heavy atom. The molecule has 58 heavy (non-hydrogen) atoms. The van der Waals surface area contributed by atoms with Gasteiger partial charge in [-0.1, -0.05) is 152 Å². The topological polar surface area (TPSA) is 212 Å². The molecule has 1 amide bonds. The number of unbranched alkanes of at least 4 members (excludes halogenated alkanes) is 17.